The van der Waals surface area contributed by atoms with Crippen LogP contribution in [0, 0.1) is 0 Å². The van der Waals surface area contributed by atoms with Crippen molar-refractivity contribution in [1.82, 2.24) is 0 Å². The van der Waals surface area contributed by atoms with Crippen LogP contribution in [0.4, 0.5) is 0 Å². The smallest absolute Gasteiger partial charge is 0.793 e. The van der Waals surface area contributed by atoms with Crippen molar-refractivity contribution in [2.75, 3.05) is 5.75 Å². The van der Waals surface area contributed by atoms with Gasteiger partial charge in [-0.05, 0) is 0 Å². The average molecular weight is 268 g/mol. The molecule has 17 heavy (non-hydrogen) atoms. The Hall–Kier alpha value is 1.35. The van der Waals surface area contributed by atoms with Gasteiger partial charge in [0.1, 0.15) is 0 Å². The molecule has 0 aliphatic rings. The minimum atomic E-state index is 0. The van der Waals surface area contributed by atoms with Gasteiger partial charge >= 0.3 is 29.6 Å². The van der Waals surface area contributed by atoms with Crippen molar-refractivity contribution in [3.05, 3.63) is 0 Å². The minimum Gasteiger partial charge on any atom is -0.793 e. The largest absolute Gasteiger partial charge is 1.00 e. The predicted octanol–water partition coefficient (Wildman–Crippen LogP) is 2.87. The van der Waals surface area contributed by atoms with Crippen molar-refractivity contribution in [3.8, 4) is 0 Å². The quantitative estimate of drug-likeness (QED) is 0.333. The third kappa shape index (κ3) is 31.7. The van der Waals surface area contributed by atoms with Crippen LogP contribution in [0.1, 0.15) is 91.4 Å². The van der Waals surface area contributed by atoms with Gasteiger partial charge < -0.3 is 12.6 Å². The number of hydrogen-bond acceptors (Lipinski definition) is 1. The van der Waals surface area contributed by atoms with Gasteiger partial charge in [-0.25, -0.2) is 0 Å². The van der Waals surface area contributed by atoms with Gasteiger partial charge in [0.2, 0.25) is 0 Å². The van der Waals surface area contributed by atoms with Gasteiger partial charge in [0, 0.05) is 0 Å². The van der Waals surface area contributed by atoms with Crippen molar-refractivity contribution < 1.29 is 29.6 Å². The first-order valence-corrected chi connectivity index (χ1v) is 7.99. The van der Waals surface area contributed by atoms with Crippen molar-refractivity contribution in [2.24, 2.45) is 0 Å². The number of hydrogen-bond donors (Lipinski definition) is 0. The molecule has 0 saturated heterocycles. The monoisotopic (exact) mass is 268 g/mol. The number of rotatable bonds is 10. The van der Waals surface area contributed by atoms with E-state index in [0.29, 0.717) is 0 Å². The second-order valence-corrected chi connectivity index (χ2v) is 4.94. The van der Waals surface area contributed by atoms with Crippen LogP contribution in [-0.4, -0.2) is 5.75 Å². The van der Waals surface area contributed by atoms with Crippen LogP contribution in [-0.2, 0) is 12.6 Å². The molecule has 0 heterocycles. The summed E-state index contributed by atoms with van der Waals surface area (Å²) in [7, 11) is 0. The summed E-state index contributed by atoms with van der Waals surface area (Å²) in [6.45, 7) is 6.72. The van der Waals surface area contributed by atoms with Crippen molar-refractivity contribution >= 4 is 12.6 Å². The van der Waals surface area contributed by atoms with E-state index >= 15 is 0 Å². The molecule has 2 heteroatoms. The third-order valence-electron chi connectivity index (χ3n) is 2.70. The van der Waals surface area contributed by atoms with Gasteiger partial charge in [0.25, 0.3) is 0 Å². The summed E-state index contributed by atoms with van der Waals surface area (Å²) >= 11 is 4.85. The van der Waals surface area contributed by atoms with Gasteiger partial charge in [-0.15, -0.1) is 0 Å². The molecule has 0 rings (SSSR count). The van der Waals surface area contributed by atoms with Crippen LogP contribution in [0.5, 0.6) is 0 Å². The zero-order chi connectivity index (χ0) is 12.5. The normalized spacial score (nSPS) is 9.18. The van der Waals surface area contributed by atoms with E-state index in [9.17, 15) is 0 Å². The Morgan fingerprint density at radius 2 is 0.824 bits per heavy atom. The van der Waals surface area contributed by atoms with Crippen LogP contribution in [0.2, 0.25) is 0 Å². The van der Waals surface area contributed by atoms with E-state index in [4.69, 9.17) is 12.6 Å². The Labute approximate surface area is 138 Å². The predicted molar refractivity (Wildman–Crippen MR) is 80.0 cm³/mol. The van der Waals surface area contributed by atoms with E-state index in [1.54, 1.807) is 0 Å². The zero-order valence-corrected chi connectivity index (χ0v) is 15.7. The minimum absolute atomic E-state index is 0. The van der Waals surface area contributed by atoms with E-state index in [1.807, 2.05) is 0 Å². The van der Waals surface area contributed by atoms with E-state index < -0.39 is 0 Å². The Morgan fingerprint density at radius 1 is 0.529 bits per heavy atom. The maximum absolute atomic E-state index is 4.85. The van der Waals surface area contributed by atoms with E-state index in [-0.39, 0.29) is 29.6 Å². The van der Waals surface area contributed by atoms with Crippen LogP contribution in [0.15, 0.2) is 0 Å². The average Bonchev–Trinajstić information content (AvgIpc) is 2.32. The van der Waals surface area contributed by atoms with Crippen LogP contribution < -0.4 is 29.6 Å². The molecule has 0 aromatic heterocycles. The van der Waals surface area contributed by atoms with Crippen molar-refractivity contribution in [1.29, 1.82) is 0 Å². The fourth-order valence-electron chi connectivity index (χ4n) is 1.56. The summed E-state index contributed by atoms with van der Waals surface area (Å²) < 4.78 is 0. The molecule has 0 atom stereocenters. The maximum atomic E-state index is 4.85. The molecule has 0 radical (unpaired) electrons. The molecular formula is C15H33NaS. The Bertz CT molecular complexity index is 84.9. The standard InChI is InChI=1S/C9H20S.C6H14.Na/c1-2-3-4-5-6-7-8-9-10;1-3-5-6-4-2;/h10H,2-9H2,1H3;3-6H2,1-2H3;/q;;+1/p-1. The van der Waals surface area contributed by atoms with Gasteiger partial charge in [0.05, 0.1) is 0 Å². The molecule has 0 saturated carbocycles. The second-order valence-electron chi connectivity index (χ2n) is 4.53. The molecule has 0 N–H and O–H groups in total. The second kappa shape index (κ2) is 26.0. The topological polar surface area (TPSA) is 0 Å². The first kappa shape index (κ1) is 23.4. The van der Waals surface area contributed by atoms with E-state index in [1.165, 1.54) is 70.6 Å². The molecule has 0 bridgehead atoms. The molecule has 100 valence electrons. The maximum Gasteiger partial charge on any atom is 1.00 e. The Balaban J connectivity index is -0.000000244. The molecule has 0 aromatic carbocycles. The fraction of sp³-hybridized carbons (Fsp3) is 1.00. The SMILES string of the molecule is CCCCCC.CCCCCCCCC[S-].[Na+]. The number of unbranched alkanes of at least 4 members (excludes halogenated alkanes) is 9. The van der Waals surface area contributed by atoms with Crippen LogP contribution in [0.25, 0.3) is 0 Å². The summed E-state index contributed by atoms with van der Waals surface area (Å²) in [5, 5.41) is 0. The van der Waals surface area contributed by atoms with Gasteiger partial charge in [0.15, 0.2) is 0 Å². The van der Waals surface area contributed by atoms with Crippen LogP contribution >= 0.6 is 0 Å². The third-order valence-corrected chi connectivity index (χ3v) is 2.99. The molecule has 0 unspecified atom stereocenters. The molecule has 0 aliphatic carbocycles. The first-order valence-electron chi connectivity index (χ1n) is 7.41. The molecule has 0 nitrogen and oxygen atoms in total. The molecule has 0 aliphatic heterocycles. The summed E-state index contributed by atoms with van der Waals surface area (Å²) in [4.78, 5) is 0. The zero-order valence-electron chi connectivity index (χ0n) is 12.9. The van der Waals surface area contributed by atoms with Crippen molar-refractivity contribution in [2.45, 2.75) is 91.4 Å². The summed E-state index contributed by atoms with van der Waals surface area (Å²) in [6.07, 6.45) is 15.1. The van der Waals surface area contributed by atoms with E-state index in [0.717, 1.165) is 5.75 Å². The van der Waals surface area contributed by atoms with Crippen LogP contribution in [0.3, 0.4) is 0 Å². The van der Waals surface area contributed by atoms with Crippen molar-refractivity contribution in [3.63, 3.8) is 0 Å². The molecule has 0 spiro atoms. The molecule has 0 amide bonds. The van der Waals surface area contributed by atoms with E-state index in [2.05, 4.69) is 20.8 Å². The first-order chi connectivity index (χ1) is 7.83. The summed E-state index contributed by atoms with van der Waals surface area (Å²) in [5.74, 6) is 0.952. The Morgan fingerprint density at radius 3 is 1.18 bits per heavy atom. The summed E-state index contributed by atoms with van der Waals surface area (Å²) in [5.41, 5.74) is 0. The Kier molecular flexibility index (Phi) is 35.9. The van der Waals surface area contributed by atoms with Gasteiger partial charge in [-0.3, -0.25) is 0 Å². The van der Waals surface area contributed by atoms with Gasteiger partial charge in [-0.2, -0.15) is 5.75 Å². The van der Waals surface area contributed by atoms with Gasteiger partial charge in [-0.1, -0.05) is 91.4 Å². The molecular weight excluding hydrogens is 235 g/mol. The fourth-order valence-corrected chi connectivity index (χ4v) is 1.76. The molecule has 0 fully saturated rings. The summed E-state index contributed by atoms with van der Waals surface area (Å²) in [6, 6.07) is 0. The molecule has 0 aromatic rings.